The molecule has 0 aromatic heterocycles. The maximum atomic E-state index is 12.4. The van der Waals surface area contributed by atoms with Gasteiger partial charge in [-0.25, -0.2) is 0 Å². The summed E-state index contributed by atoms with van der Waals surface area (Å²) < 4.78 is 41.5. The highest BCUT2D eigenvalue weighted by Gasteiger charge is 2.35. The van der Waals surface area contributed by atoms with E-state index in [1.165, 1.54) is 13.8 Å². The molecular weight excluding hydrogens is 265 g/mol. The summed E-state index contributed by atoms with van der Waals surface area (Å²) in [5.74, 6) is -2.15. The molecule has 0 radical (unpaired) electrons. The molecule has 8 heteroatoms. The molecule has 2 N–H and O–H groups in total. The number of halogens is 3. The van der Waals surface area contributed by atoms with Crippen LogP contribution in [0.5, 0.6) is 0 Å². The SMILES string of the molecule is COC(=O)CCN(CC(F)(F)F)C(=O)C(C)C(C)N. The van der Waals surface area contributed by atoms with Crippen molar-refractivity contribution in [3.8, 4) is 0 Å². The first kappa shape index (κ1) is 17.7. The van der Waals surface area contributed by atoms with Gasteiger partial charge in [-0.15, -0.1) is 0 Å². The molecule has 0 aliphatic carbocycles. The monoisotopic (exact) mass is 284 g/mol. The lowest BCUT2D eigenvalue weighted by molar-refractivity contribution is -0.165. The zero-order valence-corrected chi connectivity index (χ0v) is 11.2. The summed E-state index contributed by atoms with van der Waals surface area (Å²) in [5.41, 5.74) is 5.50. The standard InChI is InChI=1S/C11H19F3N2O3/c1-7(8(2)15)10(18)16(6-11(12,13)14)5-4-9(17)19-3/h7-8H,4-6,15H2,1-3H3. The molecule has 0 fully saturated rings. The molecule has 112 valence electrons. The number of hydrogen-bond acceptors (Lipinski definition) is 4. The largest absolute Gasteiger partial charge is 0.469 e. The van der Waals surface area contributed by atoms with Gasteiger partial charge in [0.05, 0.1) is 19.4 Å². The topological polar surface area (TPSA) is 72.6 Å². The van der Waals surface area contributed by atoms with E-state index in [4.69, 9.17) is 5.73 Å². The Morgan fingerprint density at radius 1 is 1.32 bits per heavy atom. The van der Waals surface area contributed by atoms with Crippen molar-refractivity contribution in [3.63, 3.8) is 0 Å². The Kier molecular flexibility index (Phi) is 6.82. The molecule has 19 heavy (non-hydrogen) atoms. The van der Waals surface area contributed by atoms with Crippen LogP contribution in [0.2, 0.25) is 0 Å². The minimum Gasteiger partial charge on any atom is -0.469 e. The van der Waals surface area contributed by atoms with Crippen molar-refractivity contribution < 1.29 is 27.5 Å². The van der Waals surface area contributed by atoms with Crippen LogP contribution in [0.15, 0.2) is 0 Å². The highest BCUT2D eigenvalue weighted by atomic mass is 19.4. The Morgan fingerprint density at radius 2 is 1.84 bits per heavy atom. The van der Waals surface area contributed by atoms with E-state index in [0.29, 0.717) is 4.90 Å². The van der Waals surface area contributed by atoms with Gasteiger partial charge in [0.15, 0.2) is 0 Å². The van der Waals surface area contributed by atoms with Crippen LogP contribution in [0.25, 0.3) is 0 Å². The number of hydrogen-bond donors (Lipinski definition) is 1. The molecule has 2 unspecified atom stereocenters. The number of carbonyl (C=O) groups is 2. The van der Waals surface area contributed by atoms with E-state index in [0.717, 1.165) is 7.11 Å². The maximum absolute atomic E-state index is 12.4. The van der Waals surface area contributed by atoms with Gasteiger partial charge in [-0.1, -0.05) is 6.92 Å². The second kappa shape index (κ2) is 7.32. The first-order valence-electron chi connectivity index (χ1n) is 5.76. The van der Waals surface area contributed by atoms with Crippen LogP contribution in [0.4, 0.5) is 13.2 Å². The third-order valence-electron chi connectivity index (χ3n) is 2.67. The number of methoxy groups -OCH3 is 1. The van der Waals surface area contributed by atoms with Crippen LogP contribution in [0.1, 0.15) is 20.3 Å². The van der Waals surface area contributed by atoms with E-state index >= 15 is 0 Å². The minimum absolute atomic E-state index is 0.288. The average molecular weight is 284 g/mol. The number of rotatable bonds is 6. The summed E-state index contributed by atoms with van der Waals surface area (Å²) in [4.78, 5) is 23.4. The van der Waals surface area contributed by atoms with E-state index in [1.807, 2.05) is 0 Å². The fraction of sp³-hybridized carbons (Fsp3) is 0.818. The van der Waals surface area contributed by atoms with Crippen LogP contribution >= 0.6 is 0 Å². The Bertz CT molecular complexity index is 319. The molecule has 0 heterocycles. The van der Waals surface area contributed by atoms with Gasteiger partial charge >= 0.3 is 12.1 Å². The van der Waals surface area contributed by atoms with Crippen molar-refractivity contribution in [3.05, 3.63) is 0 Å². The molecular formula is C11H19F3N2O3. The first-order valence-corrected chi connectivity index (χ1v) is 5.76. The molecule has 0 aromatic rings. The molecule has 0 bridgehead atoms. The predicted molar refractivity (Wildman–Crippen MR) is 62.1 cm³/mol. The lowest BCUT2D eigenvalue weighted by atomic mass is 10.0. The lowest BCUT2D eigenvalue weighted by Gasteiger charge is -2.27. The van der Waals surface area contributed by atoms with E-state index < -0.39 is 36.6 Å². The summed E-state index contributed by atoms with van der Waals surface area (Å²) in [7, 11) is 1.13. The number of ether oxygens (including phenoxy) is 1. The van der Waals surface area contributed by atoms with Gasteiger partial charge in [0, 0.05) is 12.6 Å². The zero-order chi connectivity index (χ0) is 15.2. The normalized spacial score (nSPS) is 14.7. The molecule has 0 rings (SSSR count). The quantitative estimate of drug-likeness (QED) is 0.736. The number of esters is 1. The van der Waals surface area contributed by atoms with Gasteiger partial charge in [-0.3, -0.25) is 9.59 Å². The van der Waals surface area contributed by atoms with Crippen molar-refractivity contribution >= 4 is 11.9 Å². The van der Waals surface area contributed by atoms with Gasteiger partial charge in [-0.05, 0) is 6.92 Å². The molecule has 5 nitrogen and oxygen atoms in total. The van der Waals surface area contributed by atoms with Gasteiger partial charge in [0.1, 0.15) is 6.54 Å². The van der Waals surface area contributed by atoms with Crippen LogP contribution < -0.4 is 5.73 Å². The molecule has 0 spiro atoms. The van der Waals surface area contributed by atoms with Crippen LogP contribution in [-0.4, -0.2) is 49.2 Å². The molecule has 0 aromatic carbocycles. The van der Waals surface area contributed by atoms with Crippen molar-refractivity contribution in [1.29, 1.82) is 0 Å². The van der Waals surface area contributed by atoms with Crippen molar-refractivity contribution in [1.82, 2.24) is 4.90 Å². The number of carbonyl (C=O) groups excluding carboxylic acids is 2. The van der Waals surface area contributed by atoms with Crippen LogP contribution in [0.3, 0.4) is 0 Å². The second-order valence-corrected chi connectivity index (χ2v) is 4.35. The molecule has 1 amide bonds. The van der Waals surface area contributed by atoms with Crippen molar-refractivity contribution in [2.75, 3.05) is 20.2 Å². The minimum atomic E-state index is -4.52. The molecule has 2 atom stereocenters. The number of nitrogens with zero attached hydrogens (tertiary/aromatic N) is 1. The summed E-state index contributed by atoms with van der Waals surface area (Å²) in [5, 5.41) is 0. The highest BCUT2D eigenvalue weighted by molar-refractivity contribution is 5.80. The predicted octanol–water partition coefficient (Wildman–Crippen LogP) is 0.924. The van der Waals surface area contributed by atoms with E-state index in [9.17, 15) is 22.8 Å². The fourth-order valence-electron chi connectivity index (χ4n) is 1.32. The van der Waals surface area contributed by atoms with E-state index in [1.54, 1.807) is 0 Å². The maximum Gasteiger partial charge on any atom is 0.406 e. The Hall–Kier alpha value is -1.31. The Balaban J connectivity index is 4.75. The van der Waals surface area contributed by atoms with Gasteiger partial charge in [0.2, 0.25) is 5.91 Å². The lowest BCUT2D eigenvalue weighted by Crippen LogP contribution is -2.46. The van der Waals surface area contributed by atoms with Gasteiger partial charge in [0.25, 0.3) is 0 Å². The zero-order valence-electron chi connectivity index (χ0n) is 11.2. The Morgan fingerprint density at radius 3 is 2.21 bits per heavy atom. The van der Waals surface area contributed by atoms with Gasteiger partial charge < -0.3 is 15.4 Å². The smallest absolute Gasteiger partial charge is 0.406 e. The molecule has 0 saturated heterocycles. The fourth-order valence-corrected chi connectivity index (χ4v) is 1.32. The first-order chi connectivity index (χ1) is 8.58. The third-order valence-corrected chi connectivity index (χ3v) is 2.67. The molecule has 0 saturated carbocycles. The van der Waals surface area contributed by atoms with Crippen LogP contribution in [0, 0.1) is 5.92 Å². The second-order valence-electron chi connectivity index (χ2n) is 4.35. The number of nitrogens with two attached hydrogens (primary N) is 1. The van der Waals surface area contributed by atoms with Crippen molar-refractivity contribution in [2.45, 2.75) is 32.5 Å². The summed E-state index contributed by atoms with van der Waals surface area (Å²) in [6.07, 6.45) is -4.81. The molecule has 0 aliphatic rings. The highest BCUT2D eigenvalue weighted by Crippen LogP contribution is 2.18. The van der Waals surface area contributed by atoms with E-state index in [2.05, 4.69) is 4.74 Å². The summed E-state index contributed by atoms with van der Waals surface area (Å²) in [6, 6.07) is -0.568. The third kappa shape index (κ3) is 7.00. The Labute approximate surface area is 109 Å². The summed E-state index contributed by atoms with van der Waals surface area (Å²) >= 11 is 0. The summed E-state index contributed by atoms with van der Waals surface area (Å²) in [6.45, 7) is 1.24. The number of alkyl halides is 3. The average Bonchev–Trinajstić information content (AvgIpc) is 2.30. The van der Waals surface area contributed by atoms with E-state index in [-0.39, 0.29) is 13.0 Å². The van der Waals surface area contributed by atoms with Crippen molar-refractivity contribution in [2.24, 2.45) is 11.7 Å². The number of amides is 1. The van der Waals surface area contributed by atoms with Gasteiger partial charge in [-0.2, -0.15) is 13.2 Å². The van der Waals surface area contributed by atoms with Crippen LogP contribution in [-0.2, 0) is 14.3 Å². The molecule has 0 aliphatic heterocycles.